The van der Waals surface area contributed by atoms with Crippen LogP contribution in [0.5, 0.6) is 0 Å². The predicted octanol–water partition coefficient (Wildman–Crippen LogP) is 3.11. The molecule has 0 aliphatic heterocycles. The van der Waals surface area contributed by atoms with Crippen LogP contribution in [0, 0.1) is 0 Å². The lowest BCUT2D eigenvalue weighted by Crippen LogP contribution is -2.24. The van der Waals surface area contributed by atoms with Gasteiger partial charge in [-0.1, -0.05) is 28.1 Å². The summed E-state index contributed by atoms with van der Waals surface area (Å²) in [5.74, 6) is 0.137. The van der Waals surface area contributed by atoms with Crippen molar-refractivity contribution in [3.63, 3.8) is 0 Å². The van der Waals surface area contributed by atoms with E-state index in [1.165, 1.54) is 0 Å². The van der Waals surface area contributed by atoms with Crippen LogP contribution >= 0.6 is 15.9 Å². The van der Waals surface area contributed by atoms with E-state index in [0.29, 0.717) is 5.33 Å². The minimum atomic E-state index is 0.137. The Balaban J connectivity index is 3.10. The maximum absolute atomic E-state index is 11.7. The van der Waals surface area contributed by atoms with Gasteiger partial charge in [0.15, 0.2) is 5.78 Å². The minimum Gasteiger partial charge on any atom is -0.372 e. The third kappa shape index (κ3) is 2.81. The highest BCUT2D eigenvalue weighted by molar-refractivity contribution is 9.09. The van der Waals surface area contributed by atoms with Crippen molar-refractivity contribution in [2.24, 2.45) is 0 Å². The number of halogens is 1. The molecule has 0 aliphatic carbocycles. The number of anilines is 1. The van der Waals surface area contributed by atoms with E-state index in [9.17, 15) is 4.79 Å². The molecule has 82 valence electrons. The second-order valence-corrected chi connectivity index (χ2v) is 3.81. The molecule has 0 heterocycles. The Labute approximate surface area is 99.4 Å². The molecule has 0 radical (unpaired) electrons. The summed E-state index contributed by atoms with van der Waals surface area (Å²) in [6.45, 7) is 6.03. The van der Waals surface area contributed by atoms with Gasteiger partial charge in [0.1, 0.15) is 0 Å². The maximum atomic E-state index is 11.7. The number of nitrogens with zero attached hydrogens (tertiary/aromatic N) is 1. The molecule has 0 amide bonds. The quantitative estimate of drug-likeness (QED) is 0.605. The first-order chi connectivity index (χ1) is 7.24. The number of hydrogen-bond donors (Lipinski definition) is 0. The monoisotopic (exact) mass is 269 g/mol. The minimum absolute atomic E-state index is 0.137. The fraction of sp³-hybridized carbons (Fsp3) is 0.417. The number of hydrogen-bond acceptors (Lipinski definition) is 2. The van der Waals surface area contributed by atoms with Crippen LogP contribution < -0.4 is 4.90 Å². The highest BCUT2D eigenvalue weighted by Crippen LogP contribution is 2.21. The molecule has 1 aromatic carbocycles. The SMILES string of the molecule is CCN(CC)c1ccccc1C(=O)CBr. The van der Waals surface area contributed by atoms with Crippen molar-refractivity contribution < 1.29 is 4.79 Å². The van der Waals surface area contributed by atoms with E-state index in [4.69, 9.17) is 0 Å². The van der Waals surface area contributed by atoms with E-state index in [0.717, 1.165) is 24.3 Å². The molecular formula is C12H16BrNO. The molecule has 1 rings (SSSR count). The van der Waals surface area contributed by atoms with E-state index in [1.54, 1.807) is 0 Å². The lowest BCUT2D eigenvalue weighted by Gasteiger charge is -2.23. The lowest BCUT2D eigenvalue weighted by molar-refractivity contribution is 0.102. The van der Waals surface area contributed by atoms with E-state index in [-0.39, 0.29) is 5.78 Å². The highest BCUT2D eigenvalue weighted by Gasteiger charge is 2.12. The number of ketones is 1. The summed E-state index contributed by atoms with van der Waals surface area (Å²) in [6.07, 6.45) is 0. The Kier molecular flexibility index (Phi) is 4.82. The smallest absolute Gasteiger partial charge is 0.175 e. The van der Waals surface area contributed by atoms with Crippen LogP contribution in [0.1, 0.15) is 24.2 Å². The van der Waals surface area contributed by atoms with Crippen molar-refractivity contribution in [1.29, 1.82) is 0 Å². The summed E-state index contributed by atoms with van der Waals surface area (Å²) in [7, 11) is 0. The predicted molar refractivity (Wildman–Crippen MR) is 68.1 cm³/mol. The molecule has 1 aromatic rings. The van der Waals surface area contributed by atoms with Gasteiger partial charge in [0.05, 0.1) is 5.33 Å². The lowest BCUT2D eigenvalue weighted by atomic mass is 10.1. The van der Waals surface area contributed by atoms with Gasteiger partial charge < -0.3 is 4.90 Å². The number of alkyl halides is 1. The Hall–Kier alpha value is -0.830. The summed E-state index contributed by atoms with van der Waals surface area (Å²) in [5.41, 5.74) is 1.84. The summed E-state index contributed by atoms with van der Waals surface area (Å²) >= 11 is 3.21. The van der Waals surface area contributed by atoms with Crippen LogP contribution in [0.15, 0.2) is 24.3 Å². The molecule has 0 saturated carbocycles. The van der Waals surface area contributed by atoms with Gasteiger partial charge in [0, 0.05) is 24.3 Å². The van der Waals surface area contributed by atoms with Gasteiger partial charge in [-0.05, 0) is 26.0 Å². The van der Waals surface area contributed by atoms with E-state index in [1.807, 2.05) is 24.3 Å². The van der Waals surface area contributed by atoms with Crippen molar-refractivity contribution in [2.75, 3.05) is 23.3 Å². The molecule has 3 heteroatoms. The maximum Gasteiger partial charge on any atom is 0.175 e. The number of Topliss-reactive ketones (excluding diaryl/α,β-unsaturated/α-hetero) is 1. The summed E-state index contributed by atoms with van der Waals surface area (Å²) in [5, 5.41) is 0.380. The number of benzene rings is 1. The first kappa shape index (κ1) is 12.2. The zero-order valence-corrected chi connectivity index (χ0v) is 10.8. The molecule has 0 saturated heterocycles. The molecule has 2 nitrogen and oxygen atoms in total. The zero-order valence-electron chi connectivity index (χ0n) is 9.16. The van der Waals surface area contributed by atoms with Gasteiger partial charge in [-0.2, -0.15) is 0 Å². The number of para-hydroxylation sites is 1. The van der Waals surface area contributed by atoms with Crippen LogP contribution in [0.2, 0.25) is 0 Å². The van der Waals surface area contributed by atoms with Crippen molar-refractivity contribution in [1.82, 2.24) is 0 Å². The molecular weight excluding hydrogens is 254 g/mol. The van der Waals surface area contributed by atoms with Gasteiger partial charge in [0.2, 0.25) is 0 Å². The fourth-order valence-electron chi connectivity index (χ4n) is 1.62. The number of carbonyl (C=O) groups is 1. The van der Waals surface area contributed by atoms with Crippen LogP contribution in [0.25, 0.3) is 0 Å². The molecule has 0 bridgehead atoms. The van der Waals surface area contributed by atoms with Gasteiger partial charge in [0.25, 0.3) is 0 Å². The average molecular weight is 270 g/mol. The van der Waals surface area contributed by atoms with E-state index in [2.05, 4.69) is 34.7 Å². The zero-order chi connectivity index (χ0) is 11.3. The number of rotatable bonds is 5. The van der Waals surface area contributed by atoms with Crippen LogP contribution in [0.3, 0.4) is 0 Å². The molecule has 0 atom stereocenters. The van der Waals surface area contributed by atoms with Crippen molar-refractivity contribution >= 4 is 27.4 Å². The van der Waals surface area contributed by atoms with Crippen molar-refractivity contribution in [3.8, 4) is 0 Å². The van der Waals surface area contributed by atoms with Gasteiger partial charge in [-0.3, -0.25) is 4.79 Å². The van der Waals surface area contributed by atoms with Crippen molar-refractivity contribution in [2.45, 2.75) is 13.8 Å². The average Bonchev–Trinajstić information content (AvgIpc) is 2.30. The highest BCUT2D eigenvalue weighted by atomic mass is 79.9. The van der Waals surface area contributed by atoms with Crippen LogP contribution in [0.4, 0.5) is 5.69 Å². The van der Waals surface area contributed by atoms with E-state index >= 15 is 0 Å². The Bertz CT molecular complexity index is 334. The van der Waals surface area contributed by atoms with Gasteiger partial charge >= 0.3 is 0 Å². The molecule has 0 spiro atoms. The van der Waals surface area contributed by atoms with E-state index < -0.39 is 0 Å². The first-order valence-corrected chi connectivity index (χ1v) is 6.29. The van der Waals surface area contributed by atoms with Crippen LogP contribution in [-0.4, -0.2) is 24.2 Å². The summed E-state index contributed by atoms with van der Waals surface area (Å²) in [4.78, 5) is 13.9. The van der Waals surface area contributed by atoms with Crippen molar-refractivity contribution in [3.05, 3.63) is 29.8 Å². The summed E-state index contributed by atoms with van der Waals surface area (Å²) < 4.78 is 0. The first-order valence-electron chi connectivity index (χ1n) is 5.17. The second-order valence-electron chi connectivity index (χ2n) is 3.25. The molecule has 0 aliphatic rings. The van der Waals surface area contributed by atoms with Gasteiger partial charge in [-0.15, -0.1) is 0 Å². The Morgan fingerprint density at radius 2 is 1.87 bits per heavy atom. The Morgan fingerprint density at radius 1 is 1.27 bits per heavy atom. The standard InChI is InChI=1S/C12H16BrNO/c1-3-14(4-2)11-8-6-5-7-10(11)12(15)9-13/h5-8H,3-4,9H2,1-2H3. The van der Waals surface area contributed by atoms with Gasteiger partial charge in [-0.25, -0.2) is 0 Å². The third-order valence-electron chi connectivity index (χ3n) is 2.43. The largest absolute Gasteiger partial charge is 0.372 e. The fourth-order valence-corrected chi connectivity index (χ4v) is 1.92. The summed E-state index contributed by atoms with van der Waals surface area (Å²) in [6, 6.07) is 7.77. The molecule has 15 heavy (non-hydrogen) atoms. The third-order valence-corrected chi connectivity index (χ3v) is 2.94. The molecule has 0 aromatic heterocycles. The molecule has 0 N–H and O–H groups in total. The topological polar surface area (TPSA) is 20.3 Å². The van der Waals surface area contributed by atoms with Crippen LogP contribution in [-0.2, 0) is 0 Å². The molecule has 0 unspecified atom stereocenters. The number of carbonyl (C=O) groups excluding carboxylic acids is 1. The Morgan fingerprint density at radius 3 is 2.40 bits per heavy atom. The molecule has 0 fully saturated rings. The second kappa shape index (κ2) is 5.91. The normalized spacial score (nSPS) is 10.1.